The average molecular weight is 395 g/mol. The van der Waals surface area contributed by atoms with Gasteiger partial charge in [0.1, 0.15) is 5.58 Å². The number of ether oxygens (including phenoxy) is 2. The van der Waals surface area contributed by atoms with E-state index in [-0.39, 0.29) is 28.6 Å². The topological polar surface area (TPSA) is 89.2 Å². The van der Waals surface area contributed by atoms with Crippen molar-refractivity contribution in [2.45, 2.75) is 12.5 Å². The van der Waals surface area contributed by atoms with Crippen LogP contribution in [0.1, 0.15) is 34.1 Å². The maximum atomic E-state index is 13.3. The summed E-state index contributed by atoms with van der Waals surface area (Å²) in [5, 5.41) is 10.4. The van der Waals surface area contributed by atoms with Crippen molar-refractivity contribution < 1.29 is 23.8 Å². The number of hydrogen-bond acceptors (Lipinski definition) is 6. The Balaban J connectivity index is 1.92. The van der Waals surface area contributed by atoms with Gasteiger partial charge >= 0.3 is 0 Å². The Labute approximate surface area is 167 Å². The summed E-state index contributed by atoms with van der Waals surface area (Å²) < 4.78 is 16.2. The molecule has 0 spiro atoms. The van der Waals surface area contributed by atoms with Crippen LogP contribution in [0.15, 0.2) is 51.7 Å². The number of carbonyl (C=O) groups is 1. The van der Waals surface area contributed by atoms with E-state index in [1.165, 1.54) is 13.2 Å². The van der Waals surface area contributed by atoms with Gasteiger partial charge < -0.3 is 23.9 Å². The fraction of sp³-hybridized carbons (Fsp3) is 0.273. The molecule has 29 heavy (non-hydrogen) atoms. The lowest BCUT2D eigenvalue weighted by Gasteiger charge is -2.25. The van der Waals surface area contributed by atoms with Crippen LogP contribution in [0.2, 0.25) is 0 Å². The van der Waals surface area contributed by atoms with Crippen LogP contribution < -0.4 is 10.2 Å². The molecule has 0 aliphatic carbocycles. The number of phenolic OH excluding ortho intramolecular Hbond substituents is 1. The molecule has 3 aromatic rings. The zero-order valence-electron chi connectivity index (χ0n) is 16.2. The molecule has 150 valence electrons. The van der Waals surface area contributed by atoms with Crippen molar-refractivity contribution in [3.05, 3.63) is 69.6 Å². The molecule has 0 saturated carbocycles. The number of benzene rings is 2. The second-order valence-electron chi connectivity index (χ2n) is 6.85. The van der Waals surface area contributed by atoms with Crippen molar-refractivity contribution in [1.29, 1.82) is 0 Å². The molecule has 7 nitrogen and oxygen atoms in total. The van der Waals surface area contributed by atoms with Crippen molar-refractivity contribution in [2.75, 3.05) is 27.4 Å². The number of methoxy groups -OCH3 is 2. The predicted octanol–water partition coefficient (Wildman–Crippen LogP) is 3.09. The molecule has 0 saturated heterocycles. The largest absolute Gasteiger partial charge is 0.504 e. The van der Waals surface area contributed by atoms with Crippen LogP contribution in [0.25, 0.3) is 11.0 Å². The molecule has 1 atom stereocenters. The Morgan fingerprint density at radius 1 is 1.14 bits per heavy atom. The lowest BCUT2D eigenvalue weighted by atomic mass is 9.98. The minimum atomic E-state index is -0.635. The van der Waals surface area contributed by atoms with Crippen LogP contribution in [-0.4, -0.2) is 43.3 Å². The molecular formula is C22H21NO6. The normalized spacial score (nSPS) is 15.7. The fourth-order valence-electron chi connectivity index (χ4n) is 3.79. The summed E-state index contributed by atoms with van der Waals surface area (Å²) in [4.78, 5) is 28.1. The lowest BCUT2D eigenvalue weighted by Crippen LogP contribution is -2.31. The first-order chi connectivity index (χ1) is 14.1. The number of hydrogen-bond donors (Lipinski definition) is 1. The molecule has 1 unspecified atom stereocenters. The van der Waals surface area contributed by atoms with E-state index in [9.17, 15) is 14.7 Å². The molecule has 0 fully saturated rings. The van der Waals surface area contributed by atoms with Gasteiger partial charge in [-0.3, -0.25) is 9.59 Å². The SMILES string of the molecule is COCCCN1C(=O)c2oc3ccccc3c(=O)c2C1c1ccc(O)c(OC)c1. The third-order valence-electron chi connectivity index (χ3n) is 5.14. The fourth-order valence-corrected chi connectivity index (χ4v) is 3.79. The second kappa shape index (κ2) is 7.60. The van der Waals surface area contributed by atoms with Crippen LogP contribution in [0.4, 0.5) is 0 Å². The monoisotopic (exact) mass is 395 g/mol. The number of amides is 1. The van der Waals surface area contributed by atoms with Gasteiger partial charge in [-0.2, -0.15) is 0 Å². The Hall–Kier alpha value is -3.32. The first-order valence-corrected chi connectivity index (χ1v) is 9.29. The number of aromatic hydroxyl groups is 1. The van der Waals surface area contributed by atoms with Crippen LogP contribution in [-0.2, 0) is 4.74 Å². The van der Waals surface area contributed by atoms with Crippen LogP contribution >= 0.6 is 0 Å². The number of fused-ring (bicyclic) bond motifs is 2. The summed E-state index contributed by atoms with van der Waals surface area (Å²) in [6.45, 7) is 0.871. The van der Waals surface area contributed by atoms with Crippen molar-refractivity contribution >= 4 is 16.9 Å². The molecule has 2 aromatic carbocycles. The molecule has 1 N–H and O–H groups in total. The highest BCUT2D eigenvalue weighted by Crippen LogP contribution is 2.40. The minimum Gasteiger partial charge on any atom is -0.504 e. The molecule has 1 aromatic heterocycles. The highest BCUT2D eigenvalue weighted by atomic mass is 16.5. The third kappa shape index (κ3) is 3.13. The first kappa shape index (κ1) is 19.0. The van der Waals surface area contributed by atoms with Crippen molar-refractivity contribution in [3.8, 4) is 11.5 Å². The van der Waals surface area contributed by atoms with Gasteiger partial charge in [0.2, 0.25) is 5.76 Å². The molecule has 1 amide bonds. The third-order valence-corrected chi connectivity index (χ3v) is 5.14. The van der Waals surface area contributed by atoms with Gasteiger partial charge in [0, 0.05) is 20.3 Å². The number of para-hydroxylation sites is 1. The van der Waals surface area contributed by atoms with Gasteiger partial charge in [0.25, 0.3) is 5.91 Å². The van der Waals surface area contributed by atoms with Crippen molar-refractivity contribution in [2.24, 2.45) is 0 Å². The van der Waals surface area contributed by atoms with Gasteiger partial charge in [-0.1, -0.05) is 18.2 Å². The molecule has 4 rings (SSSR count). The van der Waals surface area contributed by atoms with Gasteiger partial charge in [-0.05, 0) is 36.2 Å². The van der Waals surface area contributed by atoms with Crippen LogP contribution in [0, 0.1) is 0 Å². The maximum absolute atomic E-state index is 13.3. The first-order valence-electron chi connectivity index (χ1n) is 9.29. The molecule has 0 bridgehead atoms. The number of rotatable bonds is 6. The second-order valence-corrected chi connectivity index (χ2v) is 6.85. The van der Waals surface area contributed by atoms with E-state index in [1.54, 1.807) is 48.4 Å². The Morgan fingerprint density at radius 3 is 2.69 bits per heavy atom. The van der Waals surface area contributed by atoms with Crippen LogP contribution in [0.3, 0.4) is 0 Å². The number of carbonyl (C=O) groups excluding carboxylic acids is 1. The summed E-state index contributed by atoms with van der Waals surface area (Å²) in [5.41, 5.74) is 1.11. The van der Waals surface area contributed by atoms with Gasteiger partial charge in [0.05, 0.1) is 24.1 Å². The predicted molar refractivity (Wildman–Crippen MR) is 107 cm³/mol. The molecule has 7 heteroatoms. The van der Waals surface area contributed by atoms with E-state index in [0.29, 0.717) is 41.7 Å². The minimum absolute atomic E-state index is 0.0164. The molecule has 1 aliphatic rings. The summed E-state index contributed by atoms with van der Waals surface area (Å²) in [7, 11) is 3.05. The molecular weight excluding hydrogens is 374 g/mol. The quantitative estimate of drug-likeness (QED) is 0.645. The highest BCUT2D eigenvalue weighted by molar-refractivity contribution is 5.99. The van der Waals surface area contributed by atoms with Gasteiger partial charge in [-0.15, -0.1) is 0 Å². The summed E-state index contributed by atoms with van der Waals surface area (Å²) in [5.74, 6) is -0.0261. The van der Waals surface area contributed by atoms with E-state index in [1.807, 2.05) is 0 Å². The van der Waals surface area contributed by atoms with Gasteiger partial charge in [-0.25, -0.2) is 0 Å². The standard InChI is InChI=1S/C22H21NO6/c1-27-11-5-10-23-19(13-8-9-15(24)17(12-13)28-2)18-20(25)14-6-3-4-7-16(14)29-21(18)22(23)26/h3-4,6-9,12,19,24H,5,10-11H2,1-2H3. The Morgan fingerprint density at radius 2 is 1.93 bits per heavy atom. The average Bonchev–Trinajstić information content (AvgIpc) is 3.01. The number of phenols is 1. The van der Waals surface area contributed by atoms with E-state index < -0.39 is 6.04 Å². The Bertz CT molecular complexity index is 1140. The number of nitrogens with zero attached hydrogens (tertiary/aromatic N) is 1. The highest BCUT2D eigenvalue weighted by Gasteiger charge is 2.42. The van der Waals surface area contributed by atoms with E-state index >= 15 is 0 Å². The smallest absolute Gasteiger partial charge is 0.290 e. The molecule has 1 aliphatic heterocycles. The van der Waals surface area contributed by atoms with Crippen molar-refractivity contribution in [3.63, 3.8) is 0 Å². The molecule has 0 radical (unpaired) electrons. The Kier molecular flexibility index (Phi) is 4.98. The van der Waals surface area contributed by atoms with E-state index in [4.69, 9.17) is 13.9 Å². The maximum Gasteiger partial charge on any atom is 0.290 e. The van der Waals surface area contributed by atoms with E-state index in [2.05, 4.69) is 0 Å². The summed E-state index contributed by atoms with van der Waals surface area (Å²) in [6.07, 6.45) is 0.607. The van der Waals surface area contributed by atoms with Crippen molar-refractivity contribution in [1.82, 2.24) is 4.90 Å². The zero-order valence-corrected chi connectivity index (χ0v) is 16.2. The van der Waals surface area contributed by atoms with Crippen LogP contribution in [0.5, 0.6) is 11.5 Å². The lowest BCUT2D eigenvalue weighted by molar-refractivity contribution is 0.0707. The zero-order chi connectivity index (χ0) is 20.5. The summed E-state index contributed by atoms with van der Waals surface area (Å²) >= 11 is 0. The van der Waals surface area contributed by atoms with Gasteiger partial charge in [0.15, 0.2) is 16.9 Å². The summed E-state index contributed by atoms with van der Waals surface area (Å²) in [6, 6.07) is 11.1. The van der Waals surface area contributed by atoms with E-state index in [0.717, 1.165) is 0 Å². The molecule has 2 heterocycles.